The largest absolute Gasteiger partial charge is 0.369 e. The number of rotatable bonds is 6. The molecule has 1 aliphatic carbocycles. The van der Waals surface area contributed by atoms with E-state index < -0.39 is 0 Å². The van der Waals surface area contributed by atoms with Crippen LogP contribution in [0.3, 0.4) is 0 Å². The fourth-order valence-corrected chi connectivity index (χ4v) is 2.87. The molecule has 1 aromatic carbocycles. The first-order valence-corrected chi connectivity index (χ1v) is 7.75. The van der Waals surface area contributed by atoms with E-state index in [1.165, 1.54) is 28.6 Å². The van der Waals surface area contributed by atoms with Gasteiger partial charge in [0.25, 0.3) is 0 Å². The smallest absolute Gasteiger partial charge is 0.0380 e. The van der Waals surface area contributed by atoms with Gasteiger partial charge in [0.2, 0.25) is 0 Å². The lowest BCUT2D eigenvalue weighted by Crippen LogP contribution is -2.25. The van der Waals surface area contributed by atoms with Crippen molar-refractivity contribution in [2.24, 2.45) is 5.73 Å². The summed E-state index contributed by atoms with van der Waals surface area (Å²) in [5.41, 5.74) is 8.68. The van der Waals surface area contributed by atoms with Crippen molar-refractivity contribution in [2.45, 2.75) is 51.6 Å². The van der Waals surface area contributed by atoms with E-state index in [-0.39, 0.29) is 6.04 Å². The quantitative estimate of drug-likeness (QED) is 0.867. The molecule has 3 heteroatoms. The Labute approximate surface area is 119 Å². The van der Waals surface area contributed by atoms with Crippen LogP contribution in [0.15, 0.2) is 22.7 Å². The van der Waals surface area contributed by atoms with Crippen LogP contribution in [0.5, 0.6) is 0 Å². The molecule has 1 aliphatic rings. The number of halogens is 1. The Morgan fingerprint density at radius 3 is 2.61 bits per heavy atom. The lowest BCUT2D eigenvalue weighted by Gasteiger charge is -2.23. The van der Waals surface area contributed by atoms with Crippen molar-refractivity contribution in [3.8, 4) is 0 Å². The van der Waals surface area contributed by atoms with E-state index >= 15 is 0 Å². The Morgan fingerprint density at radius 2 is 2.11 bits per heavy atom. The molecule has 0 aliphatic heterocycles. The monoisotopic (exact) mass is 310 g/mol. The molecule has 2 rings (SSSR count). The number of nitrogens with two attached hydrogens (primary N) is 1. The van der Waals surface area contributed by atoms with Gasteiger partial charge in [-0.25, -0.2) is 0 Å². The third-order valence-corrected chi connectivity index (χ3v) is 4.44. The second kappa shape index (κ2) is 6.07. The van der Waals surface area contributed by atoms with Crippen LogP contribution in [0.1, 0.15) is 38.7 Å². The second-order valence-corrected chi connectivity index (χ2v) is 6.02. The number of hydrogen-bond donors (Lipinski definition) is 1. The average Bonchev–Trinajstić information content (AvgIpc) is 3.18. The minimum atomic E-state index is 0.262. The maximum atomic E-state index is 6.02. The van der Waals surface area contributed by atoms with Gasteiger partial charge in [-0.3, -0.25) is 0 Å². The van der Waals surface area contributed by atoms with Crippen LogP contribution in [0, 0.1) is 0 Å². The zero-order valence-electron chi connectivity index (χ0n) is 11.3. The van der Waals surface area contributed by atoms with E-state index in [2.05, 4.69) is 52.9 Å². The predicted molar refractivity (Wildman–Crippen MR) is 82.2 cm³/mol. The average molecular weight is 311 g/mol. The number of hydrogen-bond acceptors (Lipinski definition) is 2. The molecular weight excluding hydrogens is 288 g/mol. The number of anilines is 1. The van der Waals surface area contributed by atoms with Gasteiger partial charge in [0.15, 0.2) is 0 Å². The van der Waals surface area contributed by atoms with Crippen molar-refractivity contribution in [2.75, 3.05) is 11.4 Å². The van der Waals surface area contributed by atoms with Crippen molar-refractivity contribution in [1.29, 1.82) is 0 Å². The van der Waals surface area contributed by atoms with E-state index in [9.17, 15) is 0 Å². The summed E-state index contributed by atoms with van der Waals surface area (Å²) in [6.45, 7) is 5.46. The molecule has 0 heterocycles. The highest BCUT2D eigenvalue weighted by molar-refractivity contribution is 9.10. The highest BCUT2D eigenvalue weighted by atomic mass is 79.9. The van der Waals surface area contributed by atoms with Crippen LogP contribution in [-0.4, -0.2) is 18.6 Å². The molecule has 0 amide bonds. The maximum Gasteiger partial charge on any atom is 0.0380 e. The van der Waals surface area contributed by atoms with Gasteiger partial charge in [0.1, 0.15) is 0 Å². The molecule has 100 valence electrons. The molecule has 0 aromatic heterocycles. The summed E-state index contributed by atoms with van der Waals surface area (Å²) in [5, 5.41) is 0. The van der Waals surface area contributed by atoms with Gasteiger partial charge in [-0.15, -0.1) is 0 Å². The van der Waals surface area contributed by atoms with Crippen LogP contribution >= 0.6 is 15.9 Å². The summed E-state index contributed by atoms with van der Waals surface area (Å²) in [4.78, 5) is 2.49. The normalized spacial score (nSPS) is 16.7. The zero-order valence-corrected chi connectivity index (χ0v) is 12.9. The zero-order chi connectivity index (χ0) is 13.1. The molecule has 1 saturated carbocycles. The Hall–Kier alpha value is -0.540. The molecule has 1 fully saturated rings. The van der Waals surface area contributed by atoms with Crippen molar-refractivity contribution in [3.05, 3.63) is 28.2 Å². The molecule has 18 heavy (non-hydrogen) atoms. The van der Waals surface area contributed by atoms with Gasteiger partial charge in [-0.05, 0) is 50.3 Å². The van der Waals surface area contributed by atoms with Crippen LogP contribution in [-0.2, 0) is 6.42 Å². The third kappa shape index (κ3) is 3.27. The Kier molecular flexibility index (Phi) is 4.68. The predicted octanol–water partition coefficient (Wildman–Crippen LogP) is 3.72. The van der Waals surface area contributed by atoms with Gasteiger partial charge in [-0.2, -0.15) is 0 Å². The summed E-state index contributed by atoms with van der Waals surface area (Å²) < 4.78 is 1.20. The van der Waals surface area contributed by atoms with Gasteiger partial charge >= 0.3 is 0 Å². The van der Waals surface area contributed by atoms with Gasteiger partial charge in [-0.1, -0.05) is 28.9 Å². The highest BCUT2D eigenvalue weighted by Crippen LogP contribution is 2.33. The minimum Gasteiger partial charge on any atom is -0.369 e. The minimum absolute atomic E-state index is 0.262. The van der Waals surface area contributed by atoms with Crippen LogP contribution in [0.4, 0.5) is 5.69 Å². The standard InChI is InChI=1S/C15H23BrN2/c1-3-12(17)9-11-5-6-14(10-15(11)16)18(4-2)13-7-8-13/h5-6,10,12-13H,3-4,7-9,17H2,1-2H3. The number of nitrogens with zero attached hydrogens (tertiary/aromatic N) is 1. The molecule has 0 radical (unpaired) electrons. The molecule has 2 N–H and O–H groups in total. The topological polar surface area (TPSA) is 29.3 Å². The summed E-state index contributed by atoms with van der Waals surface area (Å²) >= 11 is 3.69. The van der Waals surface area contributed by atoms with E-state index in [1.807, 2.05) is 0 Å². The van der Waals surface area contributed by atoms with E-state index in [0.29, 0.717) is 0 Å². The molecule has 1 unspecified atom stereocenters. The summed E-state index contributed by atoms with van der Waals surface area (Å²) in [7, 11) is 0. The first-order valence-electron chi connectivity index (χ1n) is 6.96. The Bertz CT molecular complexity index is 401. The van der Waals surface area contributed by atoms with Crippen LogP contribution < -0.4 is 10.6 Å². The van der Waals surface area contributed by atoms with Crippen molar-refractivity contribution in [1.82, 2.24) is 0 Å². The van der Waals surface area contributed by atoms with Gasteiger partial charge < -0.3 is 10.6 Å². The fourth-order valence-electron chi connectivity index (χ4n) is 2.35. The molecular formula is C15H23BrN2. The van der Waals surface area contributed by atoms with Crippen LogP contribution in [0.2, 0.25) is 0 Å². The summed E-state index contributed by atoms with van der Waals surface area (Å²) in [5.74, 6) is 0. The van der Waals surface area contributed by atoms with Crippen molar-refractivity contribution < 1.29 is 0 Å². The van der Waals surface area contributed by atoms with Crippen molar-refractivity contribution >= 4 is 21.6 Å². The Morgan fingerprint density at radius 1 is 1.39 bits per heavy atom. The molecule has 0 saturated heterocycles. The maximum absolute atomic E-state index is 6.02. The lowest BCUT2D eigenvalue weighted by molar-refractivity contribution is 0.645. The molecule has 1 atom stereocenters. The Balaban J connectivity index is 2.13. The first kappa shape index (κ1) is 13.9. The van der Waals surface area contributed by atoms with Gasteiger partial charge in [0.05, 0.1) is 0 Å². The van der Waals surface area contributed by atoms with Crippen LogP contribution in [0.25, 0.3) is 0 Å². The first-order chi connectivity index (χ1) is 8.65. The summed E-state index contributed by atoms with van der Waals surface area (Å²) in [6, 6.07) is 7.74. The van der Waals surface area contributed by atoms with Gasteiger partial charge in [0, 0.05) is 28.8 Å². The fraction of sp³-hybridized carbons (Fsp3) is 0.600. The van der Waals surface area contributed by atoms with E-state index in [0.717, 1.165) is 25.4 Å². The summed E-state index contributed by atoms with van der Waals surface area (Å²) in [6.07, 6.45) is 4.66. The highest BCUT2D eigenvalue weighted by Gasteiger charge is 2.28. The molecule has 2 nitrogen and oxygen atoms in total. The van der Waals surface area contributed by atoms with E-state index in [1.54, 1.807) is 0 Å². The molecule has 1 aromatic rings. The third-order valence-electron chi connectivity index (χ3n) is 3.70. The SMILES string of the molecule is CCC(N)Cc1ccc(N(CC)C2CC2)cc1Br. The molecule has 0 spiro atoms. The number of benzene rings is 1. The van der Waals surface area contributed by atoms with Crippen molar-refractivity contribution in [3.63, 3.8) is 0 Å². The lowest BCUT2D eigenvalue weighted by atomic mass is 10.0. The van der Waals surface area contributed by atoms with E-state index in [4.69, 9.17) is 5.73 Å². The molecule has 0 bridgehead atoms. The second-order valence-electron chi connectivity index (χ2n) is 5.17.